The summed E-state index contributed by atoms with van der Waals surface area (Å²) in [7, 11) is 0. The average molecular weight is 262 g/mol. The monoisotopic (exact) mass is 262 g/mol. The van der Waals surface area contributed by atoms with Crippen molar-refractivity contribution in [3.05, 3.63) is 33.9 Å². The molecule has 4 nitrogen and oxygen atoms in total. The van der Waals surface area contributed by atoms with Crippen LogP contribution in [0, 0.1) is 28.9 Å². The Balaban J connectivity index is 2.14. The molecule has 0 saturated heterocycles. The lowest BCUT2D eigenvalue weighted by molar-refractivity contribution is -0.385. The van der Waals surface area contributed by atoms with Crippen molar-refractivity contribution >= 4 is 11.4 Å². The van der Waals surface area contributed by atoms with E-state index in [4.69, 9.17) is 0 Å². The molecule has 0 heterocycles. The van der Waals surface area contributed by atoms with Gasteiger partial charge in [0.15, 0.2) is 0 Å². The Bertz CT molecular complexity index is 463. The fraction of sp³-hybridized carbons (Fsp3) is 0.600. The molecular weight excluding hydrogens is 240 g/mol. The van der Waals surface area contributed by atoms with E-state index in [0.29, 0.717) is 23.4 Å². The first-order chi connectivity index (χ1) is 8.99. The summed E-state index contributed by atoms with van der Waals surface area (Å²) < 4.78 is 0. The predicted octanol–water partition coefficient (Wildman–Crippen LogP) is 4.14. The van der Waals surface area contributed by atoms with Crippen LogP contribution in [-0.4, -0.2) is 11.0 Å². The molecule has 0 aliphatic heterocycles. The Morgan fingerprint density at radius 3 is 2.42 bits per heavy atom. The van der Waals surface area contributed by atoms with Crippen molar-refractivity contribution in [2.24, 2.45) is 11.8 Å². The van der Waals surface area contributed by atoms with Crippen molar-refractivity contribution in [1.29, 1.82) is 0 Å². The Labute approximate surface area is 114 Å². The maximum Gasteiger partial charge on any atom is 0.272 e. The zero-order chi connectivity index (χ0) is 14.0. The highest BCUT2D eigenvalue weighted by Crippen LogP contribution is 2.32. The van der Waals surface area contributed by atoms with Crippen LogP contribution in [0.3, 0.4) is 0 Å². The van der Waals surface area contributed by atoms with E-state index in [0.717, 1.165) is 5.69 Å². The molecule has 19 heavy (non-hydrogen) atoms. The van der Waals surface area contributed by atoms with Gasteiger partial charge >= 0.3 is 0 Å². The van der Waals surface area contributed by atoms with E-state index in [2.05, 4.69) is 19.2 Å². The van der Waals surface area contributed by atoms with Crippen LogP contribution in [0.2, 0.25) is 0 Å². The van der Waals surface area contributed by atoms with Crippen LogP contribution in [0.25, 0.3) is 0 Å². The number of nitrogens with zero attached hydrogens (tertiary/aromatic N) is 1. The molecule has 1 aromatic carbocycles. The predicted molar refractivity (Wildman–Crippen MR) is 77.4 cm³/mol. The van der Waals surface area contributed by atoms with Crippen LogP contribution in [-0.2, 0) is 0 Å². The van der Waals surface area contributed by atoms with Crippen LogP contribution in [0.1, 0.15) is 38.7 Å². The number of aryl methyl sites for hydroxylation is 1. The minimum absolute atomic E-state index is 0.190. The lowest BCUT2D eigenvalue weighted by atomic mass is 9.78. The number of nitrogens with one attached hydrogen (secondary N) is 1. The topological polar surface area (TPSA) is 55.2 Å². The van der Waals surface area contributed by atoms with Gasteiger partial charge in [-0.25, -0.2) is 0 Å². The summed E-state index contributed by atoms with van der Waals surface area (Å²) >= 11 is 0. The molecule has 1 saturated carbocycles. The molecular formula is C15H22N2O2. The SMILES string of the molecule is Cc1cc(NC2C(C)CCCC2C)ccc1[N+](=O)[O-]. The number of rotatable bonds is 3. The van der Waals surface area contributed by atoms with Gasteiger partial charge in [0, 0.05) is 23.4 Å². The maximum atomic E-state index is 10.8. The van der Waals surface area contributed by atoms with Gasteiger partial charge in [-0.3, -0.25) is 10.1 Å². The zero-order valence-electron chi connectivity index (χ0n) is 11.8. The van der Waals surface area contributed by atoms with Gasteiger partial charge in [0.25, 0.3) is 5.69 Å². The number of nitro groups is 1. The maximum absolute atomic E-state index is 10.8. The molecule has 1 aliphatic rings. The van der Waals surface area contributed by atoms with Crippen molar-refractivity contribution in [1.82, 2.24) is 0 Å². The van der Waals surface area contributed by atoms with Crippen molar-refractivity contribution in [2.75, 3.05) is 5.32 Å². The number of nitro benzene ring substituents is 1. The second kappa shape index (κ2) is 5.59. The molecule has 1 aromatic rings. The normalized spacial score (nSPS) is 27.0. The molecule has 0 bridgehead atoms. The molecule has 1 aliphatic carbocycles. The molecule has 0 spiro atoms. The summed E-state index contributed by atoms with van der Waals surface area (Å²) in [6, 6.07) is 5.76. The van der Waals surface area contributed by atoms with E-state index in [1.807, 2.05) is 12.1 Å². The van der Waals surface area contributed by atoms with E-state index in [1.165, 1.54) is 19.3 Å². The first kappa shape index (κ1) is 13.8. The molecule has 1 fully saturated rings. The van der Waals surface area contributed by atoms with Crippen LogP contribution in [0.5, 0.6) is 0 Å². The second-order valence-corrected chi connectivity index (χ2v) is 5.81. The molecule has 2 unspecified atom stereocenters. The molecule has 1 N–H and O–H groups in total. The molecule has 4 heteroatoms. The van der Waals surface area contributed by atoms with Crippen molar-refractivity contribution < 1.29 is 4.92 Å². The Morgan fingerprint density at radius 2 is 1.89 bits per heavy atom. The number of benzene rings is 1. The molecule has 0 radical (unpaired) electrons. The Kier molecular flexibility index (Phi) is 4.08. The van der Waals surface area contributed by atoms with Crippen molar-refractivity contribution in [3.63, 3.8) is 0 Å². The molecule has 0 amide bonds. The fourth-order valence-corrected chi connectivity index (χ4v) is 3.11. The number of hydrogen-bond acceptors (Lipinski definition) is 3. The lowest BCUT2D eigenvalue weighted by Crippen LogP contribution is -2.37. The van der Waals surface area contributed by atoms with E-state index in [1.54, 1.807) is 13.0 Å². The van der Waals surface area contributed by atoms with Crippen molar-refractivity contribution in [3.8, 4) is 0 Å². The van der Waals surface area contributed by atoms with E-state index in [-0.39, 0.29) is 10.6 Å². The zero-order valence-corrected chi connectivity index (χ0v) is 11.8. The summed E-state index contributed by atoms with van der Waals surface area (Å²) in [4.78, 5) is 10.5. The first-order valence-corrected chi connectivity index (χ1v) is 7.00. The minimum Gasteiger partial charge on any atom is -0.382 e. The van der Waals surface area contributed by atoms with Gasteiger partial charge in [-0.1, -0.05) is 20.3 Å². The fourth-order valence-electron chi connectivity index (χ4n) is 3.11. The van der Waals surface area contributed by atoms with Gasteiger partial charge in [-0.05, 0) is 43.7 Å². The molecule has 0 aromatic heterocycles. The minimum atomic E-state index is -0.328. The Hall–Kier alpha value is -1.58. The largest absolute Gasteiger partial charge is 0.382 e. The third-order valence-corrected chi connectivity index (χ3v) is 4.27. The number of hydrogen-bond donors (Lipinski definition) is 1. The van der Waals surface area contributed by atoms with E-state index < -0.39 is 0 Å². The number of anilines is 1. The second-order valence-electron chi connectivity index (χ2n) is 5.81. The van der Waals surface area contributed by atoms with Crippen molar-refractivity contribution in [2.45, 2.75) is 46.1 Å². The van der Waals surface area contributed by atoms with Gasteiger partial charge in [0.1, 0.15) is 0 Å². The summed E-state index contributed by atoms with van der Waals surface area (Å²) in [5.74, 6) is 1.30. The highest BCUT2D eigenvalue weighted by Gasteiger charge is 2.27. The molecule has 2 atom stereocenters. The molecule has 2 rings (SSSR count). The quantitative estimate of drug-likeness (QED) is 0.658. The summed E-state index contributed by atoms with van der Waals surface area (Å²) in [6.45, 7) is 6.36. The van der Waals surface area contributed by atoms with Crippen LogP contribution < -0.4 is 5.32 Å². The lowest BCUT2D eigenvalue weighted by Gasteiger charge is -2.36. The summed E-state index contributed by atoms with van der Waals surface area (Å²) in [5, 5.41) is 14.4. The molecule has 104 valence electrons. The van der Waals surface area contributed by atoms with E-state index in [9.17, 15) is 10.1 Å². The van der Waals surface area contributed by atoms with Gasteiger partial charge < -0.3 is 5.32 Å². The van der Waals surface area contributed by atoms with Gasteiger partial charge in [-0.2, -0.15) is 0 Å². The highest BCUT2D eigenvalue weighted by molar-refractivity contribution is 5.54. The third kappa shape index (κ3) is 3.06. The van der Waals surface area contributed by atoms with Gasteiger partial charge in [0.2, 0.25) is 0 Å². The standard InChI is InChI=1S/C15H22N2O2/c1-10-5-4-6-11(2)15(10)16-13-7-8-14(17(18)19)12(3)9-13/h7-11,15-16H,4-6H2,1-3H3. The van der Waals surface area contributed by atoms with Gasteiger partial charge in [0.05, 0.1) is 4.92 Å². The highest BCUT2D eigenvalue weighted by atomic mass is 16.6. The Morgan fingerprint density at radius 1 is 1.26 bits per heavy atom. The average Bonchev–Trinajstić information content (AvgIpc) is 2.33. The van der Waals surface area contributed by atoms with Crippen LogP contribution in [0.15, 0.2) is 18.2 Å². The smallest absolute Gasteiger partial charge is 0.272 e. The van der Waals surface area contributed by atoms with E-state index >= 15 is 0 Å². The third-order valence-electron chi connectivity index (χ3n) is 4.27. The first-order valence-electron chi connectivity index (χ1n) is 7.00. The van der Waals surface area contributed by atoms with Crippen LogP contribution >= 0.6 is 0 Å². The van der Waals surface area contributed by atoms with Gasteiger partial charge in [-0.15, -0.1) is 0 Å². The van der Waals surface area contributed by atoms with Crippen LogP contribution in [0.4, 0.5) is 11.4 Å². The summed E-state index contributed by atoms with van der Waals surface area (Å²) in [6.07, 6.45) is 3.82. The summed E-state index contributed by atoms with van der Waals surface area (Å²) in [5.41, 5.74) is 1.90.